The van der Waals surface area contributed by atoms with Crippen LogP contribution in [0.5, 0.6) is 0 Å². The summed E-state index contributed by atoms with van der Waals surface area (Å²) in [6, 6.07) is 4.25. The van der Waals surface area contributed by atoms with Crippen LogP contribution in [0, 0.1) is 46.6 Å². The summed E-state index contributed by atoms with van der Waals surface area (Å²) in [4.78, 5) is 0. The Labute approximate surface area is 179 Å². The maximum absolute atomic E-state index is 13.8. The van der Waals surface area contributed by atoms with Gasteiger partial charge in [-0.1, -0.05) is 43.4 Å². The Bertz CT molecular complexity index is 700. The largest absolute Gasteiger partial charge is 0.205 e. The minimum atomic E-state index is -0.736. The number of aryl methyl sites for hydroxylation is 1. The molecule has 0 N–H and O–H groups in total. The topological polar surface area (TPSA) is 23.8 Å². The van der Waals surface area contributed by atoms with Crippen LogP contribution in [0.15, 0.2) is 23.7 Å². The Hall–Kier alpha value is -1.40. The van der Waals surface area contributed by atoms with Gasteiger partial charge in [0.05, 0.1) is 0 Å². The van der Waals surface area contributed by atoms with Gasteiger partial charge >= 0.3 is 0 Å². The highest BCUT2D eigenvalue weighted by atomic mass is 35.5. The Morgan fingerprint density at radius 1 is 0.897 bits per heavy atom. The van der Waals surface area contributed by atoms with Crippen LogP contribution in [0.2, 0.25) is 0 Å². The summed E-state index contributed by atoms with van der Waals surface area (Å²) < 4.78 is 27.6. The number of nitriles is 1. The standard InChI is InChI=1S/C25H32ClF2N/c26-14-2-1-3-18-6-10-21(11-7-18)22-12-8-19(9-13-22)4-5-20-15-24(27)23(17-29)25(28)16-20/h2,14-16,18-19,21-22H,1,3-13H2/b14-2+. The average Bonchev–Trinajstić information content (AvgIpc) is 2.73. The van der Waals surface area contributed by atoms with Gasteiger partial charge in [0.2, 0.25) is 0 Å². The van der Waals surface area contributed by atoms with Gasteiger partial charge in [-0.2, -0.15) is 5.26 Å². The van der Waals surface area contributed by atoms with Crippen molar-refractivity contribution in [3.8, 4) is 6.07 Å². The maximum Gasteiger partial charge on any atom is 0.144 e. The van der Waals surface area contributed by atoms with Gasteiger partial charge in [0, 0.05) is 5.54 Å². The van der Waals surface area contributed by atoms with E-state index in [4.69, 9.17) is 16.9 Å². The molecular formula is C25H32ClF2N. The molecule has 2 aliphatic carbocycles. The monoisotopic (exact) mass is 419 g/mol. The van der Waals surface area contributed by atoms with E-state index in [1.165, 1.54) is 69.9 Å². The van der Waals surface area contributed by atoms with E-state index in [1.54, 1.807) is 11.6 Å². The Morgan fingerprint density at radius 3 is 1.90 bits per heavy atom. The van der Waals surface area contributed by atoms with Crippen molar-refractivity contribution in [1.29, 1.82) is 5.26 Å². The second-order valence-corrected chi connectivity index (χ2v) is 9.34. The van der Waals surface area contributed by atoms with Gasteiger partial charge < -0.3 is 0 Å². The fraction of sp³-hybridized carbons (Fsp3) is 0.640. The highest BCUT2D eigenvalue weighted by Gasteiger charge is 2.30. The number of halogens is 3. The lowest BCUT2D eigenvalue weighted by Gasteiger charge is -2.38. The molecule has 0 bridgehead atoms. The van der Waals surface area contributed by atoms with E-state index >= 15 is 0 Å². The zero-order valence-electron chi connectivity index (χ0n) is 17.2. The maximum atomic E-state index is 13.8. The zero-order valence-corrected chi connectivity index (χ0v) is 17.9. The fourth-order valence-electron chi connectivity index (χ4n) is 5.54. The molecule has 2 fully saturated rings. The van der Waals surface area contributed by atoms with Gasteiger partial charge in [-0.15, -0.1) is 0 Å². The summed E-state index contributed by atoms with van der Waals surface area (Å²) in [5.74, 6) is 1.84. The second kappa shape index (κ2) is 11.1. The molecule has 0 unspecified atom stereocenters. The third kappa shape index (κ3) is 6.29. The Kier molecular flexibility index (Phi) is 8.54. The van der Waals surface area contributed by atoms with Crippen LogP contribution in [0.4, 0.5) is 8.78 Å². The van der Waals surface area contributed by atoms with Crippen molar-refractivity contribution in [2.45, 2.75) is 77.0 Å². The second-order valence-electron chi connectivity index (χ2n) is 9.09. The van der Waals surface area contributed by atoms with Crippen LogP contribution < -0.4 is 0 Å². The van der Waals surface area contributed by atoms with E-state index in [1.807, 2.05) is 0 Å². The van der Waals surface area contributed by atoms with Crippen LogP contribution >= 0.6 is 11.6 Å². The van der Waals surface area contributed by atoms with Crippen molar-refractivity contribution in [2.24, 2.45) is 23.7 Å². The first kappa shape index (κ1) is 22.3. The lowest BCUT2D eigenvalue weighted by Crippen LogP contribution is -2.26. The molecule has 0 spiro atoms. The molecule has 158 valence electrons. The zero-order chi connectivity index (χ0) is 20.6. The molecule has 0 saturated heterocycles. The third-order valence-corrected chi connectivity index (χ3v) is 7.51. The molecule has 1 nitrogen and oxygen atoms in total. The Morgan fingerprint density at radius 2 is 1.41 bits per heavy atom. The molecule has 0 atom stereocenters. The molecule has 1 aromatic rings. The van der Waals surface area contributed by atoms with Crippen molar-refractivity contribution >= 4 is 11.6 Å². The van der Waals surface area contributed by atoms with E-state index < -0.39 is 17.2 Å². The van der Waals surface area contributed by atoms with Crippen molar-refractivity contribution in [3.63, 3.8) is 0 Å². The minimum Gasteiger partial charge on any atom is -0.205 e. The number of benzene rings is 1. The molecule has 2 aliphatic rings. The van der Waals surface area contributed by atoms with Gasteiger partial charge in [0.25, 0.3) is 0 Å². The van der Waals surface area contributed by atoms with Crippen LogP contribution in [0.1, 0.15) is 81.8 Å². The van der Waals surface area contributed by atoms with Gasteiger partial charge in [-0.3, -0.25) is 0 Å². The van der Waals surface area contributed by atoms with E-state index in [0.717, 1.165) is 30.6 Å². The van der Waals surface area contributed by atoms with Crippen molar-refractivity contribution in [3.05, 3.63) is 46.5 Å². The molecule has 0 heterocycles. The van der Waals surface area contributed by atoms with Crippen molar-refractivity contribution in [1.82, 2.24) is 0 Å². The molecule has 29 heavy (non-hydrogen) atoms. The number of hydrogen-bond donors (Lipinski definition) is 0. The normalized spacial score (nSPS) is 27.8. The summed E-state index contributed by atoms with van der Waals surface area (Å²) in [6.45, 7) is 0. The van der Waals surface area contributed by atoms with Crippen LogP contribution in [0.25, 0.3) is 0 Å². The quantitative estimate of drug-likeness (QED) is 0.440. The smallest absolute Gasteiger partial charge is 0.144 e. The minimum absolute atomic E-state index is 0.473. The Balaban J connectivity index is 1.38. The lowest BCUT2D eigenvalue weighted by atomic mass is 9.68. The van der Waals surface area contributed by atoms with Crippen LogP contribution in [-0.4, -0.2) is 0 Å². The molecule has 0 amide bonds. The van der Waals surface area contributed by atoms with Crippen LogP contribution in [-0.2, 0) is 6.42 Å². The highest BCUT2D eigenvalue weighted by Crippen LogP contribution is 2.43. The number of allylic oxidation sites excluding steroid dienone is 1. The van der Waals surface area contributed by atoms with Crippen molar-refractivity contribution < 1.29 is 8.78 Å². The molecule has 0 aromatic heterocycles. The predicted molar refractivity (Wildman–Crippen MR) is 115 cm³/mol. The highest BCUT2D eigenvalue weighted by molar-refractivity contribution is 6.25. The lowest BCUT2D eigenvalue weighted by molar-refractivity contribution is 0.141. The fourth-order valence-corrected chi connectivity index (χ4v) is 5.67. The molecule has 3 rings (SSSR count). The van der Waals surface area contributed by atoms with Gasteiger partial charge in [-0.05, 0) is 92.7 Å². The van der Waals surface area contributed by atoms with Gasteiger partial charge in [0.15, 0.2) is 0 Å². The molecule has 2 saturated carbocycles. The first-order chi connectivity index (χ1) is 14.1. The molecule has 0 radical (unpaired) electrons. The summed E-state index contributed by atoms with van der Waals surface area (Å²) in [7, 11) is 0. The van der Waals surface area contributed by atoms with E-state index in [9.17, 15) is 8.78 Å². The van der Waals surface area contributed by atoms with E-state index in [-0.39, 0.29) is 0 Å². The van der Waals surface area contributed by atoms with Gasteiger partial charge in [-0.25, -0.2) is 8.78 Å². The summed E-state index contributed by atoms with van der Waals surface area (Å²) >= 11 is 5.61. The van der Waals surface area contributed by atoms with Gasteiger partial charge in [0.1, 0.15) is 23.3 Å². The molecular weight excluding hydrogens is 388 g/mol. The average molecular weight is 420 g/mol. The molecule has 0 aliphatic heterocycles. The van der Waals surface area contributed by atoms with E-state index in [2.05, 4.69) is 6.08 Å². The summed E-state index contributed by atoms with van der Waals surface area (Å²) in [5.41, 5.74) is 1.83. The first-order valence-corrected chi connectivity index (χ1v) is 11.7. The predicted octanol–water partition coefficient (Wildman–Crippen LogP) is 7.91. The molecule has 1 aromatic carbocycles. The third-order valence-electron chi connectivity index (χ3n) is 7.34. The molecule has 4 heteroatoms. The number of nitrogens with zero attached hydrogens (tertiary/aromatic N) is 1. The van der Waals surface area contributed by atoms with Crippen LogP contribution in [0.3, 0.4) is 0 Å². The summed E-state index contributed by atoms with van der Waals surface area (Å²) in [5, 5.41) is 8.78. The first-order valence-electron chi connectivity index (χ1n) is 11.2. The van der Waals surface area contributed by atoms with E-state index in [0.29, 0.717) is 17.9 Å². The number of rotatable bonds is 7. The van der Waals surface area contributed by atoms with Crippen molar-refractivity contribution in [2.75, 3.05) is 0 Å². The SMILES string of the molecule is N#Cc1c(F)cc(CCC2CCC(C3CCC(CC/C=C/Cl)CC3)CC2)cc1F. The number of hydrogen-bond acceptors (Lipinski definition) is 1. The summed E-state index contributed by atoms with van der Waals surface area (Å²) in [6.07, 6.45) is 16.7.